The Kier molecular flexibility index (Phi) is 7.57. The largest absolute Gasteiger partial charge is 0.497 e. The van der Waals surface area contributed by atoms with Crippen molar-refractivity contribution in [2.24, 2.45) is 11.7 Å². The molecule has 2 nitrogen and oxygen atoms in total. The maximum Gasteiger partial charge on any atom is 0.118 e. The first-order chi connectivity index (χ1) is 9.21. The molecule has 2 N–H and O–H groups in total. The van der Waals surface area contributed by atoms with E-state index in [1.807, 2.05) is 12.1 Å². The average Bonchev–Trinajstić information content (AvgIpc) is 2.46. The first-order valence-electron chi connectivity index (χ1n) is 7.59. The first-order valence-corrected chi connectivity index (χ1v) is 7.59. The molecule has 0 spiro atoms. The molecule has 0 amide bonds. The van der Waals surface area contributed by atoms with Crippen molar-refractivity contribution >= 4 is 0 Å². The molecule has 1 aromatic carbocycles. The molecule has 1 aromatic rings. The van der Waals surface area contributed by atoms with E-state index in [-0.39, 0.29) is 0 Å². The van der Waals surface area contributed by atoms with Crippen LogP contribution in [-0.4, -0.2) is 13.2 Å². The normalized spacial score (nSPS) is 14.1. The zero-order valence-electron chi connectivity index (χ0n) is 12.7. The highest BCUT2D eigenvalue weighted by Gasteiger charge is 2.15. The Hall–Kier alpha value is -1.02. The predicted molar refractivity (Wildman–Crippen MR) is 82.6 cm³/mol. The number of benzene rings is 1. The molecular formula is C17H29NO. The number of aryl methyl sites for hydroxylation is 1. The number of rotatable bonds is 9. The molecule has 2 atom stereocenters. The Morgan fingerprint density at radius 1 is 1.11 bits per heavy atom. The summed E-state index contributed by atoms with van der Waals surface area (Å²) in [5.74, 6) is 1.60. The van der Waals surface area contributed by atoms with Crippen LogP contribution >= 0.6 is 0 Å². The minimum absolute atomic E-state index is 0.332. The van der Waals surface area contributed by atoms with Gasteiger partial charge in [0.05, 0.1) is 7.11 Å². The van der Waals surface area contributed by atoms with Crippen molar-refractivity contribution in [1.29, 1.82) is 0 Å². The fourth-order valence-electron chi connectivity index (χ4n) is 2.55. The lowest BCUT2D eigenvalue weighted by Crippen LogP contribution is -2.30. The van der Waals surface area contributed by atoms with Crippen LogP contribution in [0.25, 0.3) is 0 Å². The highest BCUT2D eigenvalue weighted by atomic mass is 16.5. The number of hydrogen-bond acceptors (Lipinski definition) is 2. The van der Waals surface area contributed by atoms with E-state index in [0.717, 1.165) is 18.6 Å². The van der Waals surface area contributed by atoms with Crippen LogP contribution < -0.4 is 10.5 Å². The molecule has 1 rings (SSSR count). The molecule has 0 fully saturated rings. The van der Waals surface area contributed by atoms with E-state index in [1.165, 1.54) is 31.2 Å². The Morgan fingerprint density at radius 3 is 2.32 bits per heavy atom. The minimum atomic E-state index is 0.332. The van der Waals surface area contributed by atoms with Crippen molar-refractivity contribution in [2.45, 2.75) is 58.4 Å². The minimum Gasteiger partial charge on any atom is -0.497 e. The van der Waals surface area contributed by atoms with Gasteiger partial charge in [-0.1, -0.05) is 45.2 Å². The van der Waals surface area contributed by atoms with Gasteiger partial charge in [-0.05, 0) is 42.9 Å². The van der Waals surface area contributed by atoms with E-state index in [9.17, 15) is 0 Å². The second kappa shape index (κ2) is 8.98. The molecule has 19 heavy (non-hydrogen) atoms. The van der Waals surface area contributed by atoms with Crippen LogP contribution in [0.4, 0.5) is 0 Å². The monoisotopic (exact) mass is 263 g/mol. The van der Waals surface area contributed by atoms with E-state index < -0.39 is 0 Å². The zero-order valence-corrected chi connectivity index (χ0v) is 12.7. The summed E-state index contributed by atoms with van der Waals surface area (Å²) in [4.78, 5) is 0. The van der Waals surface area contributed by atoms with Gasteiger partial charge >= 0.3 is 0 Å². The molecule has 0 aliphatic carbocycles. The maximum atomic E-state index is 6.35. The first kappa shape index (κ1) is 16.0. The van der Waals surface area contributed by atoms with Crippen LogP contribution in [0.2, 0.25) is 0 Å². The van der Waals surface area contributed by atoms with Crippen molar-refractivity contribution in [2.75, 3.05) is 7.11 Å². The highest BCUT2D eigenvalue weighted by molar-refractivity contribution is 5.27. The van der Waals surface area contributed by atoms with Crippen molar-refractivity contribution in [3.8, 4) is 5.75 Å². The van der Waals surface area contributed by atoms with Gasteiger partial charge in [-0.2, -0.15) is 0 Å². The van der Waals surface area contributed by atoms with Crippen LogP contribution in [0, 0.1) is 5.92 Å². The number of ether oxygens (including phenoxy) is 1. The summed E-state index contributed by atoms with van der Waals surface area (Å²) in [5, 5.41) is 0. The smallest absolute Gasteiger partial charge is 0.118 e. The molecule has 0 bridgehead atoms. The van der Waals surface area contributed by atoms with Gasteiger partial charge in [0.1, 0.15) is 5.75 Å². The summed E-state index contributed by atoms with van der Waals surface area (Å²) in [6.07, 6.45) is 7.18. The second-order valence-electron chi connectivity index (χ2n) is 5.36. The van der Waals surface area contributed by atoms with Crippen LogP contribution in [0.1, 0.15) is 51.5 Å². The summed E-state index contributed by atoms with van der Waals surface area (Å²) in [5.41, 5.74) is 7.70. The molecule has 0 heterocycles. The van der Waals surface area contributed by atoms with Gasteiger partial charge < -0.3 is 10.5 Å². The molecule has 0 saturated carbocycles. The molecule has 2 unspecified atom stereocenters. The Bertz CT molecular complexity index is 334. The molecular weight excluding hydrogens is 234 g/mol. The SMILES string of the molecule is CCCCC(CC)C(N)CCc1ccc(OC)cc1. The van der Waals surface area contributed by atoms with Crippen molar-refractivity contribution < 1.29 is 4.74 Å². The van der Waals surface area contributed by atoms with Crippen LogP contribution in [0.15, 0.2) is 24.3 Å². The van der Waals surface area contributed by atoms with E-state index >= 15 is 0 Å². The van der Waals surface area contributed by atoms with Crippen LogP contribution in [0.5, 0.6) is 5.75 Å². The number of hydrogen-bond donors (Lipinski definition) is 1. The Balaban J connectivity index is 2.40. The van der Waals surface area contributed by atoms with Gasteiger partial charge in [0, 0.05) is 6.04 Å². The van der Waals surface area contributed by atoms with Gasteiger partial charge in [-0.25, -0.2) is 0 Å². The van der Waals surface area contributed by atoms with E-state index in [2.05, 4.69) is 26.0 Å². The third-order valence-electron chi connectivity index (χ3n) is 3.98. The molecule has 2 heteroatoms. The average molecular weight is 263 g/mol. The number of methoxy groups -OCH3 is 1. The maximum absolute atomic E-state index is 6.35. The van der Waals surface area contributed by atoms with Crippen LogP contribution in [0.3, 0.4) is 0 Å². The number of nitrogens with two attached hydrogens (primary N) is 1. The fourth-order valence-corrected chi connectivity index (χ4v) is 2.55. The summed E-state index contributed by atoms with van der Waals surface area (Å²) in [7, 11) is 1.70. The van der Waals surface area contributed by atoms with E-state index in [0.29, 0.717) is 12.0 Å². The lowest BCUT2D eigenvalue weighted by atomic mass is 9.88. The van der Waals surface area contributed by atoms with E-state index in [4.69, 9.17) is 10.5 Å². The molecule has 0 radical (unpaired) electrons. The topological polar surface area (TPSA) is 35.2 Å². The van der Waals surface area contributed by atoms with Gasteiger partial charge in [0.15, 0.2) is 0 Å². The highest BCUT2D eigenvalue weighted by Crippen LogP contribution is 2.20. The predicted octanol–water partition coefficient (Wildman–Crippen LogP) is 4.17. The third kappa shape index (κ3) is 5.65. The van der Waals surface area contributed by atoms with Crippen LogP contribution in [-0.2, 0) is 6.42 Å². The van der Waals surface area contributed by atoms with Gasteiger partial charge in [-0.15, -0.1) is 0 Å². The molecule has 0 saturated heterocycles. The zero-order chi connectivity index (χ0) is 14.1. The summed E-state index contributed by atoms with van der Waals surface area (Å²) >= 11 is 0. The third-order valence-corrected chi connectivity index (χ3v) is 3.98. The van der Waals surface area contributed by atoms with Gasteiger partial charge in [0.2, 0.25) is 0 Å². The summed E-state index contributed by atoms with van der Waals surface area (Å²) in [6.45, 7) is 4.50. The molecule has 0 aliphatic heterocycles. The Morgan fingerprint density at radius 2 is 1.79 bits per heavy atom. The van der Waals surface area contributed by atoms with E-state index in [1.54, 1.807) is 7.11 Å². The molecule has 0 aliphatic rings. The van der Waals surface area contributed by atoms with Gasteiger partial charge in [-0.3, -0.25) is 0 Å². The standard InChI is InChI=1S/C17H29NO/c1-4-6-7-15(5-2)17(18)13-10-14-8-11-16(19-3)12-9-14/h8-9,11-12,15,17H,4-7,10,13,18H2,1-3H3. The van der Waals surface area contributed by atoms with Crippen molar-refractivity contribution in [3.05, 3.63) is 29.8 Å². The molecule has 0 aromatic heterocycles. The lowest BCUT2D eigenvalue weighted by molar-refractivity contribution is 0.356. The fraction of sp³-hybridized carbons (Fsp3) is 0.647. The van der Waals surface area contributed by atoms with Crippen molar-refractivity contribution in [1.82, 2.24) is 0 Å². The lowest BCUT2D eigenvalue weighted by Gasteiger charge is -2.22. The Labute approximate surface area is 118 Å². The summed E-state index contributed by atoms with van der Waals surface area (Å²) < 4.78 is 5.17. The second-order valence-corrected chi connectivity index (χ2v) is 5.36. The number of unbranched alkanes of at least 4 members (excludes halogenated alkanes) is 1. The molecule has 108 valence electrons. The quantitative estimate of drug-likeness (QED) is 0.725. The summed E-state index contributed by atoms with van der Waals surface area (Å²) in [6, 6.07) is 8.65. The van der Waals surface area contributed by atoms with Gasteiger partial charge in [0.25, 0.3) is 0 Å². The van der Waals surface area contributed by atoms with Crippen molar-refractivity contribution in [3.63, 3.8) is 0 Å².